The molecule has 1 aromatic heterocycles. The first-order chi connectivity index (χ1) is 18.9. The van der Waals surface area contributed by atoms with Crippen LogP contribution in [0.25, 0.3) is 10.9 Å². The van der Waals surface area contributed by atoms with E-state index in [4.69, 9.17) is 14.7 Å². The second-order valence-electron chi connectivity index (χ2n) is 10.6. The lowest BCUT2D eigenvalue weighted by Crippen LogP contribution is -2.56. The summed E-state index contributed by atoms with van der Waals surface area (Å²) in [5.74, 6) is 0.181. The van der Waals surface area contributed by atoms with Gasteiger partial charge >= 0.3 is 6.03 Å². The molecule has 0 saturated carbocycles. The maximum Gasteiger partial charge on any atom is 0.326 e. The van der Waals surface area contributed by atoms with Gasteiger partial charge in [-0.15, -0.1) is 0 Å². The number of nitrogens with one attached hydrogen (secondary N) is 1. The Morgan fingerprint density at radius 1 is 1.13 bits per heavy atom. The number of nitrogens with zero attached hydrogens (tertiary/aromatic N) is 3. The number of aromatic nitrogens is 1. The number of rotatable bonds is 7. The topological polar surface area (TPSA) is 113 Å². The van der Waals surface area contributed by atoms with Crippen molar-refractivity contribution in [1.82, 2.24) is 19.8 Å². The summed E-state index contributed by atoms with van der Waals surface area (Å²) in [7, 11) is 1.54. The number of ether oxygens (including phenoxy) is 2. The Morgan fingerprint density at radius 3 is 2.64 bits per heavy atom. The number of carbonyl (C=O) groups excluding carboxylic acids is 3. The van der Waals surface area contributed by atoms with Crippen LogP contribution in [0.4, 0.5) is 4.79 Å². The van der Waals surface area contributed by atoms with E-state index in [1.165, 1.54) is 4.90 Å². The Bertz CT molecular complexity index is 1430. The SMILES string of the molecule is CN1C(=O)[C@@H]2CN(Cc3c2c2cc(OCCC4CCOCC4)ccc2n3Cc2ccc(C(=O)NO)cc2)C1=O. The van der Waals surface area contributed by atoms with Crippen LogP contribution in [0.15, 0.2) is 42.5 Å². The van der Waals surface area contributed by atoms with E-state index in [1.54, 1.807) is 29.6 Å². The molecular formula is C29H32N4O6. The van der Waals surface area contributed by atoms with E-state index in [0.29, 0.717) is 37.7 Å². The third-order valence-electron chi connectivity index (χ3n) is 8.26. The molecule has 6 rings (SSSR count). The number of likely N-dealkylation sites (N-methyl/N-ethyl adjacent to an activating group) is 1. The molecule has 10 nitrogen and oxygen atoms in total. The smallest absolute Gasteiger partial charge is 0.326 e. The van der Waals surface area contributed by atoms with Crippen molar-refractivity contribution in [2.45, 2.75) is 38.3 Å². The number of fused-ring (bicyclic) bond motifs is 6. The van der Waals surface area contributed by atoms with Crippen molar-refractivity contribution in [2.75, 3.05) is 33.4 Å². The summed E-state index contributed by atoms with van der Waals surface area (Å²) in [6.07, 6.45) is 3.11. The van der Waals surface area contributed by atoms with Gasteiger partial charge in [-0.3, -0.25) is 19.7 Å². The number of amides is 4. The second kappa shape index (κ2) is 10.3. The van der Waals surface area contributed by atoms with Gasteiger partial charge in [-0.25, -0.2) is 10.3 Å². The number of urea groups is 1. The monoisotopic (exact) mass is 532 g/mol. The van der Waals surface area contributed by atoms with Gasteiger partial charge in [0.05, 0.1) is 19.1 Å². The normalized spacial score (nSPS) is 19.4. The largest absolute Gasteiger partial charge is 0.494 e. The van der Waals surface area contributed by atoms with E-state index < -0.39 is 11.8 Å². The van der Waals surface area contributed by atoms with Crippen LogP contribution in [-0.2, 0) is 22.6 Å². The van der Waals surface area contributed by atoms with E-state index >= 15 is 0 Å². The van der Waals surface area contributed by atoms with Crippen molar-refractivity contribution < 1.29 is 29.1 Å². The molecule has 4 heterocycles. The van der Waals surface area contributed by atoms with E-state index in [9.17, 15) is 14.4 Å². The maximum absolute atomic E-state index is 13.3. The van der Waals surface area contributed by atoms with Gasteiger partial charge in [0, 0.05) is 55.5 Å². The highest BCUT2D eigenvalue weighted by molar-refractivity contribution is 6.04. The predicted octanol–water partition coefficient (Wildman–Crippen LogP) is 3.50. The highest BCUT2D eigenvalue weighted by Gasteiger charge is 2.44. The van der Waals surface area contributed by atoms with Gasteiger partial charge in [0.2, 0.25) is 5.91 Å². The third-order valence-corrected chi connectivity index (χ3v) is 8.26. The second-order valence-corrected chi connectivity index (χ2v) is 10.6. The standard InChI is InChI=1S/C29H32N4O6/c1-31-28(35)23-16-32(29(31)36)17-25-26(23)22-14-21(39-13-10-18-8-11-38-12-9-18)6-7-24(22)33(25)15-19-2-4-20(5-3-19)27(34)30-37/h2-7,14,18,23,37H,8-13,15-17H2,1H3,(H,30,34)/t23-/m1/s1. The van der Waals surface area contributed by atoms with Gasteiger partial charge in [-0.05, 0) is 66.6 Å². The van der Waals surface area contributed by atoms with Crippen LogP contribution in [-0.4, -0.2) is 70.8 Å². The lowest BCUT2D eigenvalue weighted by atomic mass is 9.89. The number of hydroxylamine groups is 1. The quantitative estimate of drug-likeness (QED) is 0.356. The molecule has 0 unspecified atom stereocenters. The molecule has 2 aromatic carbocycles. The molecule has 0 aliphatic carbocycles. The number of hydrogen-bond donors (Lipinski definition) is 2. The number of benzene rings is 2. The predicted molar refractivity (Wildman–Crippen MR) is 142 cm³/mol. The zero-order valence-corrected chi connectivity index (χ0v) is 21.9. The molecule has 2 saturated heterocycles. The van der Waals surface area contributed by atoms with Crippen LogP contribution in [0.2, 0.25) is 0 Å². The molecule has 2 bridgehead atoms. The molecule has 0 spiro atoms. The van der Waals surface area contributed by atoms with Gasteiger partial charge < -0.3 is 18.9 Å². The average molecular weight is 533 g/mol. The third kappa shape index (κ3) is 4.63. The fraction of sp³-hybridized carbons (Fsp3) is 0.414. The van der Waals surface area contributed by atoms with Crippen LogP contribution < -0.4 is 10.2 Å². The van der Waals surface area contributed by atoms with Crippen LogP contribution >= 0.6 is 0 Å². The minimum atomic E-state index is -0.573. The van der Waals surface area contributed by atoms with Crippen molar-refractivity contribution in [1.29, 1.82) is 0 Å². The number of carbonyl (C=O) groups is 3. The summed E-state index contributed by atoms with van der Waals surface area (Å²) in [4.78, 5) is 40.8. The van der Waals surface area contributed by atoms with Crippen molar-refractivity contribution in [3.05, 3.63) is 64.8 Å². The average Bonchev–Trinajstić information content (AvgIpc) is 3.27. The number of imide groups is 1. The number of hydrogen-bond acceptors (Lipinski definition) is 6. The van der Waals surface area contributed by atoms with E-state index in [2.05, 4.69) is 4.57 Å². The molecule has 3 aliphatic heterocycles. The molecule has 4 amide bonds. The van der Waals surface area contributed by atoms with Crippen molar-refractivity contribution >= 4 is 28.7 Å². The lowest BCUT2D eigenvalue weighted by Gasteiger charge is -2.41. The Hall–Kier alpha value is -3.89. The van der Waals surface area contributed by atoms with E-state index in [0.717, 1.165) is 65.9 Å². The first-order valence-electron chi connectivity index (χ1n) is 13.4. The van der Waals surface area contributed by atoms with Crippen molar-refractivity contribution in [3.63, 3.8) is 0 Å². The highest BCUT2D eigenvalue weighted by atomic mass is 16.5. The van der Waals surface area contributed by atoms with Crippen LogP contribution in [0.1, 0.15) is 52.4 Å². The summed E-state index contributed by atoms with van der Waals surface area (Å²) in [5, 5.41) is 9.88. The zero-order valence-electron chi connectivity index (χ0n) is 21.9. The first kappa shape index (κ1) is 25.4. The molecule has 3 aliphatic rings. The minimum Gasteiger partial charge on any atom is -0.494 e. The Morgan fingerprint density at radius 2 is 1.90 bits per heavy atom. The Balaban J connectivity index is 1.35. The molecule has 2 N–H and O–H groups in total. The molecule has 10 heteroatoms. The molecule has 3 aromatic rings. The molecule has 0 radical (unpaired) electrons. The van der Waals surface area contributed by atoms with Gasteiger partial charge in [0.15, 0.2) is 0 Å². The molecule has 1 atom stereocenters. The van der Waals surface area contributed by atoms with E-state index in [-0.39, 0.29) is 11.9 Å². The maximum atomic E-state index is 13.3. The summed E-state index contributed by atoms with van der Waals surface area (Å²) in [6.45, 7) is 3.53. The molecule has 39 heavy (non-hydrogen) atoms. The Kier molecular flexibility index (Phi) is 6.74. The van der Waals surface area contributed by atoms with Crippen LogP contribution in [0.5, 0.6) is 5.75 Å². The highest BCUT2D eigenvalue weighted by Crippen LogP contribution is 2.42. The van der Waals surface area contributed by atoms with Gasteiger partial charge in [0.1, 0.15) is 5.75 Å². The summed E-state index contributed by atoms with van der Waals surface area (Å²) in [6, 6.07) is 12.7. The van der Waals surface area contributed by atoms with Crippen LogP contribution in [0, 0.1) is 5.92 Å². The van der Waals surface area contributed by atoms with Gasteiger partial charge in [-0.1, -0.05) is 12.1 Å². The Labute approximate surface area is 226 Å². The van der Waals surface area contributed by atoms with Crippen molar-refractivity contribution in [3.8, 4) is 5.75 Å². The molecule has 2 fully saturated rings. The van der Waals surface area contributed by atoms with Crippen LogP contribution in [0.3, 0.4) is 0 Å². The summed E-state index contributed by atoms with van der Waals surface area (Å²) < 4.78 is 13.8. The van der Waals surface area contributed by atoms with Gasteiger partial charge in [0.25, 0.3) is 5.91 Å². The summed E-state index contributed by atoms with van der Waals surface area (Å²) in [5.41, 5.74) is 5.80. The molecule has 204 valence electrons. The summed E-state index contributed by atoms with van der Waals surface area (Å²) >= 11 is 0. The minimum absolute atomic E-state index is 0.193. The molecular weight excluding hydrogens is 500 g/mol. The fourth-order valence-electron chi connectivity index (χ4n) is 6.07. The van der Waals surface area contributed by atoms with Crippen molar-refractivity contribution in [2.24, 2.45) is 5.92 Å². The fourth-order valence-corrected chi connectivity index (χ4v) is 6.07. The lowest BCUT2D eigenvalue weighted by molar-refractivity contribution is -0.132. The zero-order chi connectivity index (χ0) is 27.1. The first-order valence-corrected chi connectivity index (χ1v) is 13.4. The van der Waals surface area contributed by atoms with E-state index in [1.807, 2.05) is 30.3 Å². The van der Waals surface area contributed by atoms with Gasteiger partial charge in [-0.2, -0.15) is 0 Å².